The number of nitrogens with two attached hydrogens (primary N) is 1. The smallest absolute Gasteiger partial charge is 0.398 e. The molecule has 1 aromatic heterocycles. The molecule has 0 fully saturated rings. The summed E-state index contributed by atoms with van der Waals surface area (Å²) in [6.07, 6.45) is -1.03. The molecule has 0 atom stereocenters. The number of benzene rings is 1. The van der Waals surface area contributed by atoms with Gasteiger partial charge in [-0.25, -0.2) is 4.98 Å². The summed E-state index contributed by atoms with van der Waals surface area (Å²) in [5, 5.41) is 0. The minimum absolute atomic E-state index is 0.0747. The Hall–Kier alpha value is -1.98. The first-order valence-electron chi connectivity index (χ1n) is 5.41. The van der Waals surface area contributed by atoms with Gasteiger partial charge in [0.25, 0.3) is 0 Å². The molecule has 0 spiro atoms. The average molecular weight is 255 g/mol. The number of aromatic nitrogens is 2. The average Bonchev–Trinajstić information content (AvgIpc) is 2.75. The highest BCUT2D eigenvalue weighted by Crippen LogP contribution is 2.34. The Morgan fingerprint density at radius 1 is 1.33 bits per heavy atom. The molecule has 2 aromatic rings. The third-order valence-electron chi connectivity index (χ3n) is 2.68. The van der Waals surface area contributed by atoms with Gasteiger partial charge in [0.15, 0.2) is 0 Å². The largest absolute Gasteiger partial charge is 0.416 e. The highest BCUT2D eigenvalue weighted by atomic mass is 19.4. The minimum Gasteiger partial charge on any atom is -0.398 e. The van der Waals surface area contributed by atoms with Crippen LogP contribution < -0.4 is 5.73 Å². The van der Waals surface area contributed by atoms with Gasteiger partial charge in [0.1, 0.15) is 5.82 Å². The van der Waals surface area contributed by atoms with Crippen molar-refractivity contribution in [3.05, 3.63) is 36.2 Å². The number of hydrogen-bond donors (Lipinski definition) is 1. The van der Waals surface area contributed by atoms with Crippen molar-refractivity contribution in [1.82, 2.24) is 9.55 Å². The zero-order chi connectivity index (χ0) is 13.3. The van der Waals surface area contributed by atoms with Gasteiger partial charge in [-0.2, -0.15) is 13.2 Å². The molecule has 6 heteroatoms. The van der Waals surface area contributed by atoms with Gasteiger partial charge in [0.05, 0.1) is 5.56 Å². The molecule has 2 N–H and O–H groups in total. The standard InChI is InChI=1S/C12H12F3N3/c1-2-18-6-5-17-11(18)9-4-3-8(7-10(9)16)12(13,14)15/h3-7H,2,16H2,1H3. The van der Waals surface area contributed by atoms with Crippen molar-refractivity contribution in [2.24, 2.45) is 0 Å². The van der Waals surface area contributed by atoms with Crippen molar-refractivity contribution in [2.45, 2.75) is 19.6 Å². The van der Waals surface area contributed by atoms with E-state index in [9.17, 15) is 13.2 Å². The summed E-state index contributed by atoms with van der Waals surface area (Å²) in [4.78, 5) is 4.11. The lowest BCUT2D eigenvalue weighted by atomic mass is 10.1. The van der Waals surface area contributed by atoms with Gasteiger partial charge < -0.3 is 10.3 Å². The fourth-order valence-electron chi connectivity index (χ4n) is 1.75. The normalized spacial score (nSPS) is 11.8. The molecule has 0 saturated heterocycles. The minimum atomic E-state index is -4.38. The van der Waals surface area contributed by atoms with Crippen LogP contribution in [0.2, 0.25) is 0 Å². The molecule has 0 aliphatic rings. The summed E-state index contributed by atoms with van der Waals surface area (Å²) in [5.74, 6) is 0.573. The molecule has 3 nitrogen and oxygen atoms in total. The van der Waals surface area contributed by atoms with Crippen LogP contribution in [0.15, 0.2) is 30.6 Å². The van der Waals surface area contributed by atoms with Gasteiger partial charge in [-0.15, -0.1) is 0 Å². The highest BCUT2D eigenvalue weighted by Gasteiger charge is 2.31. The van der Waals surface area contributed by atoms with Crippen LogP contribution in [0.1, 0.15) is 12.5 Å². The van der Waals surface area contributed by atoms with E-state index in [1.807, 2.05) is 11.5 Å². The quantitative estimate of drug-likeness (QED) is 0.837. The van der Waals surface area contributed by atoms with Gasteiger partial charge in [-0.1, -0.05) is 0 Å². The molecule has 18 heavy (non-hydrogen) atoms. The lowest BCUT2D eigenvalue weighted by molar-refractivity contribution is -0.137. The summed E-state index contributed by atoms with van der Waals surface area (Å²) < 4.78 is 39.4. The van der Waals surface area contributed by atoms with Crippen LogP contribution in [0.25, 0.3) is 11.4 Å². The summed E-state index contributed by atoms with van der Waals surface area (Å²) in [7, 11) is 0. The predicted molar refractivity (Wildman–Crippen MR) is 62.8 cm³/mol. The van der Waals surface area contributed by atoms with E-state index in [4.69, 9.17) is 5.73 Å². The molecular weight excluding hydrogens is 243 g/mol. The predicted octanol–water partition coefficient (Wildman–Crippen LogP) is 3.17. The second-order valence-electron chi connectivity index (χ2n) is 3.84. The molecule has 0 saturated carbocycles. The molecule has 0 bridgehead atoms. The van der Waals surface area contributed by atoms with Crippen molar-refractivity contribution in [1.29, 1.82) is 0 Å². The fourth-order valence-corrected chi connectivity index (χ4v) is 1.75. The Labute approximate surface area is 102 Å². The number of aryl methyl sites for hydroxylation is 1. The van der Waals surface area contributed by atoms with Crippen molar-refractivity contribution in [3.63, 3.8) is 0 Å². The molecule has 0 aliphatic carbocycles. The Bertz CT molecular complexity index is 558. The van der Waals surface area contributed by atoms with E-state index in [0.717, 1.165) is 12.1 Å². The van der Waals surface area contributed by atoms with Crippen molar-refractivity contribution < 1.29 is 13.2 Å². The SMILES string of the molecule is CCn1ccnc1-c1ccc(C(F)(F)F)cc1N. The van der Waals surface area contributed by atoms with Crippen LogP contribution in [0.5, 0.6) is 0 Å². The number of rotatable bonds is 2. The monoisotopic (exact) mass is 255 g/mol. The zero-order valence-electron chi connectivity index (χ0n) is 9.70. The number of anilines is 1. The second-order valence-corrected chi connectivity index (χ2v) is 3.84. The number of nitrogen functional groups attached to an aromatic ring is 1. The third kappa shape index (κ3) is 2.18. The van der Waals surface area contributed by atoms with Crippen LogP contribution in [0, 0.1) is 0 Å². The van der Waals surface area contributed by atoms with Crippen LogP contribution in [0.4, 0.5) is 18.9 Å². The van der Waals surface area contributed by atoms with Gasteiger partial charge in [-0.05, 0) is 25.1 Å². The lowest BCUT2D eigenvalue weighted by Crippen LogP contribution is -2.07. The number of nitrogens with zero attached hydrogens (tertiary/aromatic N) is 2. The van der Waals surface area contributed by atoms with Crippen molar-refractivity contribution >= 4 is 5.69 Å². The Morgan fingerprint density at radius 3 is 2.61 bits per heavy atom. The third-order valence-corrected chi connectivity index (χ3v) is 2.68. The highest BCUT2D eigenvalue weighted by molar-refractivity contribution is 5.72. The molecule has 0 amide bonds. The maximum Gasteiger partial charge on any atom is 0.416 e. The van der Waals surface area contributed by atoms with E-state index in [-0.39, 0.29) is 5.69 Å². The first-order valence-corrected chi connectivity index (χ1v) is 5.41. The van der Waals surface area contributed by atoms with E-state index in [0.29, 0.717) is 17.9 Å². The molecule has 1 aromatic carbocycles. The van der Waals surface area contributed by atoms with E-state index >= 15 is 0 Å². The van der Waals surface area contributed by atoms with Gasteiger partial charge >= 0.3 is 6.18 Å². The van der Waals surface area contributed by atoms with E-state index in [1.54, 1.807) is 12.4 Å². The van der Waals surface area contributed by atoms with E-state index in [2.05, 4.69) is 4.98 Å². The number of hydrogen-bond acceptors (Lipinski definition) is 2. The van der Waals surface area contributed by atoms with Crippen LogP contribution in [-0.2, 0) is 12.7 Å². The van der Waals surface area contributed by atoms with Gasteiger partial charge in [0, 0.05) is 30.2 Å². The summed E-state index contributed by atoms with van der Waals surface area (Å²) >= 11 is 0. The van der Waals surface area contributed by atoms with E-state index < -0.39 is 11.7 Å². The Morgan fingerprint density at radius 2 is 2.06 bits per heavy atom. The van der Waals surface area contributed by atoms with Crippen molar-refractivity contribution in [3.8, 4) is 11.4 Å². The second kappa shape index (κ2) is 4.36. The Kier molecular flexibility index (Phi) is 3.02. The molecule has 1 heterocycles. The molecule has 96 valence electrons. The first kappa shape index (κ1) is 12.5. The lowest BCUT2D eigenvalue weighted by Gasteiger charge is -2.11. The topological polar surface area (TPSA) is 43.8 Å². The fraction of sp³-hybridized carbons (Fsp3) is 0.250. The molecule has 0 aliphatic heterocycles. The number of alkyl halides is 3. The molecule has 0 radical (unpaired) electrons. The summed E-state index contributed by atoms with van der Waals surface area (Å²) in [6, 6.07) is 3.30. The van der Waals surface area contributed by atoms with Gasteiger partial charge in [-0.3, -0.25) is 0 Å². The molecular formula is C12H12F3N3. The molecule has 0 unspecified atom stereocenters. The number of imidazole rings is 1. The first-order chi connectivity index (χ1) is 8.43. The summed E-state index contributed by atoms with van der Waals surface area (Å²) in [6.45, 7) is 2.60. The van der Waals surface area contributed by atoms with Crippen LogP contribution in [-0.4, -0.2) is 9.55 Å². The van der Waals surface area contributed by atoms with Crippen LogP contribution in [0.3, 0.4) is 0 Å². The Balaban J connectivity index is 2.48. The van der Waals surface area contributed by atoms with Crippen LogP contribution >= 0.6 is 0 Å². The maximum absolute atomic E-state index is 12.5. The maximum atomic E-state index is 12.5. The summed E-state index contributed by atoms with van der Waals surface area (Å²) in [5.41, 5.74) is 5.51. The zero-order valence-corrected chi connectivity index (χ0v) is 9.70. The van der Waals surface area contributed by atoms with Gasteiger partial charge in [0.2, 0.25) is 0 Å². The molecule has 2 rings (SSSR count). The van der Waals surface area contributed by atoms with Crippen molar-refractivity contribution in [2.75, 3.05) is 5.73 Å². The number of halogens is 3. The van der Waals surface area contributed by atoms with E-state index in [1.165, 1.54) is 6.07 Å².